The Kier molecular flexibility index (Phi) is 3.15. The van der Waals surface area contributed by atoms with E-state index in [9.17, 15) is 0 Å². The predicted molar refractivity (Wildman–Crippen MR) is 76.7 cm³/mol. The molecule has 0 bridgehead atoms. The molecule has 1 spiro atoms. The van der Waals surface area contributed by atoms with Gasteiger partial charge < -0.3 is 10.5 Å². The van der Waals surface area contributed by atoms with Crippen molar-refractivity contribution < 1.29 is 4.74 Å². The van der Waals surface area contributed by atoms with Crippen LogP contribution < -0.4 is 10.5 Å². The lowest BCUT2D eigenvalue weighted by Crippen LogP contribution is -2.40. The molecule has 2 N–H and O–H groups in total. The Morgan fingerprint density at radius 3 is 3.00 bits per heavy atom. The minimum Gasteiger partial charge on any atom is -0.487 e. The van der Waals surface area contributed by atoms with Crippen LogP contribution in [0.2, 0.25) is 0 Å². The Hall–Kier alpha value is -0.540. The van der Waals surface area contributed by atoms with Crippen LogP contribution in [0.15, 0.2) is 22.7 Å². The van der Waals surface area contributed by atoms with Crippen LogP contribution in [0.5, 0.6) is 5.75 Å². The Labute approximate surface area is 117 Å². The molecule has 18 heavy (non-hydrogen) atoms. The maximum absolute atomic E-state index is 6.36. The van der Waals surface area contributed by atoms with E-state index in [0.29, 0.717) is 0 Å². The van der Waals surface area contributed by atoms with E-state index in [4.69, 9.17) is 10.5 Å². The fourth-order valence-electron chi connectivity index (χ4n) is 3.51. The molecule has 3 heteroatoms. The Morgan fingerprint density at radius 1 is 1.44 bits per heavy atom. The summed E-state index contributed by atoms with van der Waals surface area (Å²) in [5, 5.41) is 0. The monoisotopic (exact) mass is 309 g/mol. The Morgan fingerprint density at radius 2 is 2.28 bits per heavy atom. The molecule has 98 valence electrons. The lowest BCUT2D eigenvalue weighted by molar-refractivity contribution is 0.0384. The molecule has 1 aliphatic heterocycles. The van der Waals surface area contributed by atoms with Gasteiger partial charge in [-0.25, -0.2) is 0 Å². The normalized spacial score (nSPS) is 34.4. The number of halogens is 1. The molecule has 3 atom stereocenters. The van der Waals surface area contributed by atoms with Gasteiger partial charge >= 0.3 is 0 Å². The van der Waals surface area contributed by atoms with Gasteiger partial charge in [0.1, 0.15) is 11.4 Å². The molecular formula is C15H20BrNO. The van der Waals surface area contributed by atoms with Crippen LogP contribution in [0.3, 0.4) is 0 Å². The number of benzene rings is 1. The van der Waals surface area contributed by atoms with Crippen LogP contribution in [0, 0.1) is 5.92 Å². The summed E-state index contributed by atoms with van der Waals surface area (Å²) < 4.78 is 7.41. The van der Waals surface area contributed by atoms with Gasteiger partial charge in [-0.1, -0.05) is 29.3 Å². The zero-order chi connectivity index (χ0) is 12.8. The first-order chi connectivity index (χ1) is 8.62. The third-order valence-electron chi connectivity index (χ3n) is 4.54. The molecule has 1 aliphatic carbocycles. The molecule has 1 heterocycles. The standard InChI is InChI=1S/C15H20BrNO/c1-2-10-5-6-15(8-10)9-13(17)12-7-11(16)3-4-14(12)18-15/h3-4,7,10,13H,2,5-6,8-9,17H2,1H3/t10?,13-,15?/m0/s1. The highest BCUT2D eigenvalue weighted by atomic mass is 79.9. The third-order valence-corrected chi connectivity index (χ3v) is 5.03. The zero-order valence-electron chi connectivity index (χ0n) is 10.8. The van der Waals surface area contributed by atoms with Gasteiger partial charge in [0.05, 0.1) is 0 Å². The number of ether oxygens (including phenoxy) is 1. The number of rotatable bonds is 1. The van der Waals surface area contributed by atoms with Crippen molar-refractivity contribution in [2.45, 2.75) is 50.7 Å². The highest BCUT2D eigenvalue weighted by molar-refractivity contribution is 9.10. The molecule has 1 aromatic carbocycles. The Bertz CT molecular complexity index is 462. The summed E-state index contributed by atoms with van der Waals surface area (Å²) in [4.78, 5) is 0. The van der Waals surface area contributed by atoms with Crippen LogP contribution in [0.25, 0.3) is 0 Å². The van der Waals surface area contributed by atoms with Gasteiger partial charge in [0.25, 0.3) is 0 Å². The van der Waals surface area contributed by atoms with Crippen LogP contribution in [0.1, 0.15) is 50.6 Å². The minimum absolute atomic E-state index is 0.0148. The summed E-state index contributed by atoms with van der Waals surface area (Å²) in [6.07, 6.45) is 5.84. The van der Waals surface area contributed by atoms with E-state index in [1.54, 1.807) is 0 Å². The lowest BCUT2D eigenvalue weighted by atomic mass is 9.85. The van der Waals surface area contributed by atoms with Crippen LogP contribution >= 0.6 is 15.9 Å². The highest BCUT2D eigenvalue weighted by Crippen LogP contribution is 2.49. The fraction of sp³-hybridized carbons (Fsp3) is 0.600. The molecule has 0 aromatic heterocycles. The SMILES string of the molecule is CCC1CCC2(C1)C[C@H](N)c1cc(Br)ccc1O2. The van der Waals surface area contributed by atoms with Gasteiger partial charge in [-0.05, 0) is 43.4 Å². The first-order valence-electron chi connectivity index (χ1n) is 6.86. The first kappa shape index (κ1) is 12.5. The van der Waals surface area contributed by atoms with E-state index in [2.05, 4.69) is 35.0 Å². The number of hydrogen-bond acceptors (Lipinski definition) is 2. The summed E-state index contributed by atoms with van der Waals surface area (Å²) in [6, 6.07) is 6.30. The van der Waals surface area contributed by atoms with Crippen molar-refractivity contribution in [2.75, 3.05) is 0 Å². The van der Waals surface area contributed by atoms with Gasteiger partial charge in [-0.3, -0.25) is 0 Å². The maximum atomic E-state index is 6.36. The second kappa shape index (κ2) is 4.53. The minimum atomic E-state index is 0.0148. The summed E-state index contributed by atoms with van der Waals surface area (Å²) in [5.74, 6) is 1.81. The van der Waals surface area contributed by atoms with E-state index >= 15 is 0 Å². The van der Waals surface area contributed by atoms with Crippen molar-refractivity contribution in [3.8, 4) is 5.75 Å². The second-order valence-electron chi connectivity index (χ2n) is 5.79. The number of fused-ring (bicyclic) bond motifs is 1. The van der Waals surface area contributed by atoms with E-state index in [1.807, 2.05) is 6.07 Å². The summed E-state index contributed by atoms with van der Waals surface area (Å²) >= 11 is 3.50. The summed E-state index contributed by atoms with van der Waals surface area (Å²) in [6.45, 7) is 2.28. The largest absolute Gasteiger partial charge is 0.487 e. The summed E-state index contributed by atoms with van der Waals surface area (Å²) in [7, 11) is 0. The van der Waals surface area contributed by atoms with Crippen LogP contribution in [-0.4, -0.2) is 5.60 Å². The van der Waals surface area contributed by atoms with Crippen molar-refractivity contribution in [3.05, 3.63) is 28.2 Å². The van der Waals surface area contributed by atoms with E-state index in [1.165, 1.54) is 19.3 Å². The molecule has 0 saturated heterocycles. The molecule has 2 nitrogen and oxygen atoms in total. The number of nitrogens with two attached hydrogens (primary N) is 1. The van der Waals surface area contributed by atoms with Crippen LogP contribution in [-0.2, 0) is 0 Å². The molecule has 1 saturated carbocycles. The highest BCUT2D eigenvalue weighted by Gasteiger charge is 2.45. The van der Waals surface area contributed by atoms with Crippen molar-refractivity contribution in [2.24, 2.45) is 11.7 Å². The second-order valence-corrected chi connectivity index (χ2v) is 6.71. The molecule has 3 rings (SSSR count). The summed E-state index contributed by atoms with van der Waals surface area (Å²) in [5.41, 5.74) is 7.52. The van der Waals surface area contributed by atoms with E-state index < -0.39 is 0 Å². The van der Waals surface area contributed by atoms with E-state index in [0.717, 1.165) is 34.5 Å². The Balaban J connectivity index is 1.90. The van der Waals surface area contributed by atoms with Crippen molar-refractivity contribution in [1.29, 1.82) is 0 Å². The van der Waals surface area contributed by atoms with Gasteiger partial charge in [-0.2, -0.15) is 0 Å². The molecule has 0 amide bonds. The quantitative estimate of drug-likeness (QED) is 0.844. The van der Waals surface area contributed by atoms with Gasteiger partial charge in [0.15, 0.2) is 0 Å². The molecule has 1 fully saturated rings. The average Bonchev–Trinajstić information content (AvgIpc) is 2.73. The zero-order valence-corrected chi connectivity index (χ0v) is 12.4. The molecular weight excluding hydrogens is 290 g/mol. The fourth-order valence-corrected chi connectivity index (χ4v) is 3.89. The lowest BCUT2D eigenvalue weighted by Gasteiger charge is -2.39. The predicted octanol–water partition coefficient (Wildman–Crippen LogP) is 4.18. The maximum Gasteiger partial charge on any atom is 0.124 e. The molecule has 2 unspecified atom stereocenters. The van der Waals surface area contributed by atoms with Gasteiger partial charge in [0.2, 0.25) is 0 Å². The smallest absolute Gasteiger partial charge is 0.124 e. The topological polar surface area (TPSA) is 35.2 Å². The average molecular weight is 310 g/mol. The molecule has 1 aromatic rings. The van der Waals surface area contributed by atoms with Crippen molar-refractivity contribution >= 4 is 15.9 Å². The van der Waals surface area contributed by atoms with Crippen molar-refractivity contribution in [1.82, 2.24) is 0 Å². The van der Waals surface area contributed by atoms with Gasteiger partial charge in [-0.15, -0.1) is 0 Å². The number of hydrogen-bond donors (Lipinski definition) is 1. The third kappa shape index (κ3) is 2.08. The van der Waals surface area contributed by atoms with Crippen LogP contribution in [0.4, 0.5) is 0 Å². The van der Waals surface area contributed by atoms with Crippen molar-refractivity contribution in [3.63, 3.8) is 0 Å². The molecule has 0 radical (unpaired) electrons. The van der Waals surface area contributed by atoms with E-state index in [-0.39, 0.29) is 11.6 Å². The first-order valence-corrected chi connectivity index (χ1v) is 7.65. The molecule has 2 aliphatic rings. The van der Waals surface area contributed by atoms with Gasteiger partial charge in [0, 0.05) is 22.5 Å².